The Morgan fingerprint density at radius 1 is 0.909 bits per heavy atom. The Hall–Kier alpha value is -1.22. The molecule has 0 bridgehead atoms. The van der Waals surface area contributed by atoms with Gasteiger partial charge in [-0.3, -0.25) is 4.63 Å². The van der Waals surface area contributed by atoms with Crippen LogP contribution >= 0.6 is 0 Å². The van der Waals surface area contributed by atoms with Gasteiger partial charge in [-0.1, -0.05) is 0 Å². The van der Waals surface area contributed by atoms with Crippen molar-refractivity contribution in [3.8, 4) is 0 Å². The molecule has 1 aromatic rings. The number of nitrogens with zero attached hydrogens (tertiary/aromatic N) is 2. The molecule has 2 aliphatic heterocycles. The van der Waals surface area contributed by atoms with E-state index < -0.39 is 0 Å². The number of quaternary nitrogens is 2. The largest absolute Gasteiger partial charge is 0.370 e. The second-order valence-corrected chi connectivity index (χ2v) is 6.42. The Labute approximate surface area is 129 Å². The maximum absolute atomic E-state index is 12.2. The van der Waals surface area contributed by atoms with Gasteiger partial charge in [-0.2, -0.15) is 0 Å². The van der Waals surface area contributed by atoms with Crippen molar-refractivity contribution in [2.24, 2.45) is 0 Å². The number of ether oxygens (including phenoxy) is 2. The van der Waals surface area contributed by atoms with Crippen molar-refractivity contribution in [1.82, 2.24) is 5.16 Å². The standard InChI is InChI=1S/C14H22N4O4/c19-18-14-12(17-5-9-21-10-6-17)2-1-11(13(14)15-22-18)16-3-7-20-8-4-16/h11-12H,1-10H2/p+2/t11-,12-/m0/s1. The van der Waals surface area contributed by atoms with E-state index in [0.717, 1.165) is 76.8 Å². The van der Waals surface area contributed by atoms with Gasteiger partial charge in [0.2, 0.25) is 0 Å². The van der Waals surface area contributed by atoms with Crippen LogP contribution in [0.1, 0.15) is 36.3 Å². The molecule has 1 aliphatic carbocycles. The van der Waals surface area contributed by atoms with Gasteiger partial charge < -0.3 is 24.5 Å². The Bertz CT molecular complexity index is 511. The van der Waals surface area contributed by atoms with Crippen molar-refractivity contribution in [2.45, 2.75) is 24.9 Å². The predicted octanol–water partition coefficient (Wildman–Crippen LogP) is -2.99. The smallest absolute Gasteiger partial charge is 0.284 e. The molecule has 2 fully saturated rings. The third-order valence-corrected chi connectivity index (χ3v) is 5.33. The lowest BCUT2D eigenvalue weighted by molar-refractivity contribution is -0.961. The molecular formula is C14H24N4O4+2. The molecule has 2 N–H and O–H groups in total. The zero-order chi connectivity index (χ0) is 14.9. The van der Waals surface area contributed by atoms with Crippen LogP contribution in [0.25, 0.3) is 0 Å². The third-order valence-electron chi connectivity index (χ3n) is 5.33. The van der Waals surface area contributed by atoms with Crippen LogP contribution in [0.5, 0.6) is 0 Å². The lowest BCUT2D eigenvalue weighted by Crippen LogP contribution is -3.16. The van der Waals surface area contributed by atoms with Gasteiger partial charge in [-0.25, -0.2) is 0 Å². The highest BCUT2D eigenvalue weighted by Gasteiger charge is 2.47. The fourth-order valence-electron chi connectivity index (χ4n) is 4.18. The van der Waals surface area contributed by atoms with E-state index in [1.165, 1.54) is 9.80 Å². The average molecular weight is 312 g/mol. The van der Waals surface area contributed by atoms with Gasteiger partial charge in [-0.15, -0.1) is 0 Å². The molecule has 0 amide bonds. The predicted molar refractivity (Wildman–Crippen MR) is 73.2 cm³/mol. The highest BCUT2D eigenvalue weighted by atomic mass is 16.8. The summed E-state index contributed by atoms with van der Waals surface area (Å²) in [5.41, 5.74) is 1.63. The van der Waals surface area contributed by atoms with E-state index in [1.807, 2.05) is 0 Å². The Morgan fingerprint density at radius 3 is 2.09 bits per heavy atom. The van der Waals surface area contributed by atoms with Gasteiger partial charge in [0.05, 0.1) is 26.4 Å². The first-order valence-electron chi connectivity index (χ1n) is 8.29. The van der Waals surface area contributed by atoms with Crippen LogP contribution < -0.4 is 14.7 Å². The monoisotopic (exact) mass is 312 g/mol. The van der Waals surface area contributed by atoms with Crippen LogP contribution in [0.15, 0.2) is 4.63 Å². The summed E-state index contributed by atoms with van der Waals surface area (Å²) in [6.07, 6.45) is 2.07. The van der Waals surface area contributed by atoms with Crippen LogP contribution in [-0.2, 0) is 9.47 Å². The second-order valence-electron chi connectivity index (χ2n) is 6.42. The molecular weight excluding hydrogens is 288 g/mol. The quantitative estimate of drug-likeness (QED) is 0.570. The minimum absolute atomic E-state index is 0.194. The van der Waals surface area contributed by atoms with E-state index in [2.05, 4.69) is 5.16 Å². The maximum Gasteiger partial charge on any atom is 0.284 e. The summed E-state index contributed by atoms with van der Waals surface area (Å²) >= 11 is 0. The fourth-order valence-corrected chi connectivity index (χ4v) is 4.18. The van der Waals surface area contributed by atoms with Gasteiger partial charge in [0, 0.05) is 18.0 Å². The first-order chi connectivity index (χ1) is 10.8. The molecule has 1 aromatic heterocycles. The summed E-state index contributed by atoms with van der Waals surface area (Å²) < 4.78 is 15.9. The summed E-state index contributed by atoms with van der Waals surface area (Å²) in [7, 11) is 0. The Kier molecular flexibility index (Phi) is 4.00. The molecule has 8 nitrogen and oxygen atoms in total. The van der Waals surface area contributed by atoms with Crippen LogP contribution in [0.2, 0.25) is 0 Å². The highest BCUT2D eigenvalue weighted by molar-refractivity contribution is 5.13. The first kappa shape index (κ1) is 14.4. The van der Waals surface area contributed by atoms with Crippen molar-refractivity contribution >= 4 is 0 Å². The van der Waals surface area contributed by atoms with Crippen LogP contribution in [0.4, 0.5) is 0 Å². The summed E-state index contributed by atoms with van der Waals surface area (Å²) in [5, 5.41) is 16.3. The summed E-state index contributed by atoms with van der Waals surface area (Å²) in [4.78, 5) is 3.54. The fraction of sp³-hybridized carbons (Fsp3) is 0.857. The van der Waals surface area contributed by atoms with Crippen molar-refractivity contribution in [3.63, 3.8) is 0 Å². The number of fused-ring (bicyclic) bond motifs is 1. The van der Waals surface area contributed by atoms with Gasteiger partial charge in [0.15, 0.2) is 12.1 Å². The number of hydrogen-bond donors (Lipinski definition) is 2. The van der Waals surface area contributed by atoms with Crippen molar-refractivity contribution in [1.29, 1.82) is 0 Å². The van der Waals surface area contributed by atoms with Crippen LogP contribution in [0, 0.1) is 5.21 Å². The molecule has 22 heavy (non-hydrogen) atoms. The molecule has 8 heteroatoms. The van der Waals surface area contributed by atoms with E-state index >= 15 is 0 Å². The minimum Gasteiger partial charge on any atom is -0.370 e. The number of aromatic nitrogens is 2. The lowest BCUT2D eigenvalue weighted by Gasteiger charge is -2.35. The number of hydrogen-bond acceptors (Lipinski definition) is 5. The molecule has 0 unspecified atom stereocenters. The zero-order valence-corrected chi connectivity index (χ0v) is 12.8. The zero-order valence-electron chi connectivity index (χ0n) is 12.8. The molecule has 0 spiro atoms. The second kappa shape index (κ2) is 6.11. The number of morpholine rings is 2. The van der Waals surface area contributed by atoms with Crippen molar-refractivity contribution in [2.75, 3.05) is 52.6 Å². The van der Waals surface area contributed by atoms with E-state index in [9.17, 15) is 5.21 Å². The van der Waals surface area contributed by atoms with E-state index in [-0.39, 0.29) is 12.1 Å². The molecule has 4 rings (SSSR count). The number of rotatable bonds is 2. The maximum atomic E-state index is 12.2. The topological polar surface area (TPSA) is 80.3 Å². The minimum atomic E-state index is 0.194. The lowest BCUT2D eigenvalue weighted by atomic mass is 9.89. The third kappa shape index (κ3) is 2.50. The van der Waals surface area contributed by atoms with Crippen molar-refractivity contribution in [3.05, 3.63) is 16.6 Å². The number of nitrogens with one attached hydrogen (secondary N) is 2. The van der Waals surface area contributed by atoms with Gasteiger partial charge in [0.25, 0.3) is 11.4 Å². The van der Waals surface area contributed by atoms with E-state index in [4.69, 9.17) is 14.1 Å². The summed E-state index contributed by atoms with van der Waals surface area (Å²) in [5.74, 6) is 0. The molecule has 122 valence electrons. The summed E-state index contributed by atoms with van der Waals surface area (Å²) in [6, 6.07) is 0.467. The van der Waals surface area contributed by atoms with Crippen LogP contribution in [-0.4, -0.2) is 57.8 Å². The van der Waals surface area contributed by atoms with Gasteiger partial charge in [-0.05, 0) is 4.90 Å². The van der Waals surface area contributed by atoms with Crippen molar-refractivity contribution < 1.29 is 28.8 Å². The highest BCUT2D eigenvalue weighted by Crippen LogP contribution is 2.30. The molecule has 0 saturated carbocycles. The summed E-state index contributed by atoms with van der Waals surface area (Å²) in [6.45, 7) is 6.96. The molecule has 3 aliphatic rings. The van der Waals surface area contributed by atoms with E-state index in [1.54, 1.807) is 0 Å². The molecule has 2 atom stereocenters. The Morgan fingerprint density at radius 2 is 1.45 bits per heavy atom. The molecule has 0 aromatic carbocycles. The normalized spacial score (nSPS) is 31.1. The van der Waals surface area contributed by atoms with Gasteiger partial charge in [0.1, 0.15) is 26.2 Å². The Balaban J connectivity index is 1.60. The van der Waals surface area contributed by atoms with Gasteiger partial charge >= 0.3 is 0 Å². The molecule has 2 saturated heterocycles. The molecule has 0 radical (unpaired) electrons. The van der Waals surface area contributed by atoms with Crippen LogP contribution in [0.3, 0.4) is 0 Å². The first-order valence-corrected chi connectivity index (χ1v) is 8.29. The average Bonchev–Trinajstić information content (AvgIpc) is 2.98. The SMILES string of the molecule is [O-][n+]1onc2c1[C@@H]([NH+]1CCOCC1)CC[C@@H]2[NH+]1CCOCC1. The van der Waals surface area contributed by atoms with E-state index in [0.29, 0.717) is 4.90 Å². The molecule has 3 heterocycles.